The average Bonchev–Trinajstić information content (AvgIpc) is 3.08. The summed E-state index contributed by atoms with van der Waals surface area (Å²) in [4.78, 5) is 4.55. The summed E-state index contributed by atoms with van der Waals surface area (Å²) < 4.78 is 21.4. The predicted octanol–water partition coefficient (Wildman–Crippen LogP) is 7.07. The largest absolute Gasteiger partial charge is 0.451 e. The zero-order chi connectivity index (χ0) is 19.3. The Morgan fingerprint density at radius 2 is 1.46 bits per heavy atom. The number of pyridine rings is 1. The normalized spacial score (nSPS) is 11.4. The molecule has 0 bridgehead atoms. The van der Waals surface area contributed by atoms with Gasteiger partial charge >= 0.3 is 0 Å². The highest BCUT2D eigenvalue weighted by Crippen LogP contribution is 2.38. The van der Waals surface area contributed by atoms with E-state index in [1.807, 2.05) is 48.5 Å². The van der Waals surface area contributed by atoms with Crippen molar-refractivity contribution < 1.29 is 8.81 Å². The molecule has 0 N–H and O–H groups in total. The van der Waals surface area contributed by atoms with Crippen LogP contribution in [0.3, 0.4) is 0 Å². The van der Waals surface area contributed by atoms with Gasteiger partial charge in [0.15, 0.2) is 17.0 Å². The van der Waals surface area contributed by atoms with Gasteiger partial charge < -0.3 is 4.42 Å². The molecule has 2 heterocycles. The zero-order valence-corrected chi connectivity index (χ0v) is 15.7. The zero-order valence-electron chi connectivity index (χ0n) is 15.7. The fraction of sp³-hybridized carbons (Fsp3) is 0.0800. The number of aromatic nitrogens is 1. The van der Waals surface area contributed by atoms with Gasteiger partial charge in [-0.2, -0.15) is 0 Å². The van der Waals surface area contributed by atoms with Crippen molar-refractivity contribution in [2.75, 3.05) is 0 Å². The molecule has 5 aromatic rings. The standard InChI is InChI=1S/C25H18FNO/c1-15-12-16(2)14-18(13-15)23-25-21(10-11-27-23)20-9-8-19(22(26)24(20)28-25)17-6-4-3-5-7-17/h3-14H,1-2H3. The minimum atomic E-state index is -0.341. The third kappa shape index (κ3) is 2.59. The van der Waals surface area contributed by atoms with Gasteiger partial charge in [0.2, 0.25) is 0 Å². The highest BCUT2D eigenvalue weighted by atomic mass is 19.1. The first-order chi connectivity index (χ1) is 13.6. The van der Waals surface area contributed by atoms with Crippen molar-refractivity contribution in [2.45, 2.75) is 13.8 Å². The third-order valence-corrected chi connectivity index (χ3v) is 5.08. The maximum absolute atomic E-state index is 15.3. The first kappa shape index (κ1) is 16.7. The molecule has 0 fully saturated rings. The number of hydrogen-bond donors (Lipinski definition) is 0. The molecule has 2 aromatic heterocycles. The van der Waals surface area contributed by atoms with Crippen molar-refractivity contribution in [3.05, 3.63) is 89.9 Å². The Kier molecular flexibility index (Phi) is 3.76. The Hall–Kier alpha value is -3.46. The lowest BCUT2D eigenvalue weighted by Crippen LogP contribution is -1.86. The van der Waals surface area contributed by atoms with Gasteiger partial charge in [-0.25, -0.2) is 4.39 Å². The molecule has 0 saturated heterocycles. The van der Waals surface area contributed by atoms with Crippen LogP contribution in [-0.4, -0.2) is 4.98 Å². The van der Waals surface area contributed by atoms with Gasteiger partial charge in [-0.15, -0.1) is 0 Å². The lowest BCUT2D eigenvalue weighted by molar-refractivity contribution is 0.586. The monoisotopic (exact) mass is 367 g/mol. The number of fused-ring (bicyclic) bond motifs is 3. The van der Waals surface area contributed by atoms with E-state index in [2.05, 4.69) is 37.0 Å². The maximum atomic E-state index is 15.3. The number of furan rings is 1. The molecule has 0 aliphatic carbocycles. The van der Waals surface area contributed by atoms with E-state index in [0.29, 0.717) is 11.1 Å². The summed E-state index contributed by atoms with van der Waals surface area (Å²) in [7, 11) is 0. The molecule has 0 atom stereocenters. The lowest BCUT2D eigenvalue weighted by atomic mass is 10.0. The van der Waals surface area contributed by atoms with Crippen LogP contribution in [-0.2, 0) is 0 Å². The Balaban J connectivity index is 1.80. The summed E-state index contributed by atoms with van der Waals surface area (Å²) in [5.74, 6) is -0.341. The first-order valence-corrected chi connectivity index (χ1v) is 9.25. The van der Waals surface area contributed by atoms with E-state index < -0.39 is 0 Å². The van der Waals surface area contributed by atoms with Crippen molar-refractivity contribution in [3.63, 3.8) is 0 Å². The van der Waals surface area contributed by atoms with Gasteiger partial charge in [-0.3, -0.25) is 4.98 Å². The molecule has 2 nitrogen and oxygen atoms in total. The van der Waals surface area contributed by atoms with Gasteiger partial charge in [-0.05, 0) is 43.7 Å². The summed E-state index contributed by atoms with van der Waals surface area (Å²) >= 11 is 0. The molecular formula is C25H18FNO. The summed E-state index contributed by atoms with van der Waals surface area (Å²) in [6.07, 6.45) is 1.76. The molecule has 0 aliphatic heterocycles. The van der Waals surface area contributed by atoms with Gasteiger partial charge in [0.05, 0.1) is 0 Å². The average molecular weight is 367 g/mol. The molecule has 5 rings (SSSR count). The van der Waals surface area contributed by atoms with Gasteiger partial charge in [0.25, 0.3) is 0 Å². The van der Waals surface area contributed by atoms with Crippen molar-refractivity contribution in [1.29, 1.82) is 0 Å². The third-order valence-electron chi connectivity index (χ3n) is 5.08. The number of hydrogen-bond acceptors (Lipinski definition) is 2. The van der Waals surface area contributed by atoms with E-state index in [9.17, 15) is 0 Å². The Bertz CT molecular complexity index is 1320. The van der Waals surface area contributed by atoms with Crippen LogP contribution in [0.15, 0.2) is 77.3 Å². The highest BCUT2D eigenvalue weighted by molar-refractivity contribution is 6.09. The van der Waals surface area contributed by atoms with Gasteiger partial charge in [0.1, 0.15) is 5.69 Å². The van der Waals surface area contributed by atoms with E-state index in [0.717, 1.165) is 38.7 Å². The molecule has 0 saturated carbocycles. The van der Waals surface area contributed by atoms with Crippen LogP contribution < -0.4 is 0 Å². The van der Waals surface area contributed by atoms with Crippen molar-refractivity contribution in [1.82, 2.24) is 4.98 Å². The number of rotatable bonds is 2. The van der Waals surface area contributed by atoms with Crippen molar-refractivity contribution in [2.24, 2.45) is 0 Å². The second-order valence-electron chi connectivity index (χ2n) is 7.18. The predicted molar refractivity (Wildman–Crippen MR) is 112 cm³/mol. The molecular weight excluding hydrogens is 349 g/mol. The quantitative estimate of drug-likeness (QED) is 0.333. The van der Waals surface area contributed by atoms with Crippen LogP contribution in [0.5, 0.6) is 0 Å². The van der Waals surface area contributed by atoms with E-state index in [1.165, 1.54) is 0 Å². The van der Waals surface area contributed by atoms with E-state index >= 15 is 4.39 Å². The SMILES string of the molecule is Cc1cc(C)cc(-c2nccc3c2oc2c(F)c(-c4ccccc4)ccc23)c1. The molecule has 0 spiro atoms. The Morgan fingerprint density at radius 3 is 2.21 bits per heavy atom. The van der Waals surface area contributed by atoms with Crippen LogP contribution >= 0.6 is 0 Å². The van der Waals surface area contributed by atoms with Crippen LogP contribution in [0.4, 0.5) is 4.39 Å². The minimum absolute atomic E-state index is 0.273. The lowest BCUT2D eigenvalue weighted by Gasteiger charge is -2.05. The fourth-order valence-corrected chi connectivity index (χ4v) is 3.89. The Morgan fingerprint density at radius 1 is 0.750 bits per heavy atom. The topological polar surface area (TPSA) is 26.0 Å². The number of nitrogens with zero attached hydrogens (tertiary/aromatic N) is 1. The van der Waals surface area contributed by atoms with Crippen molar-refractivity contribution >= 4 is 21.9 Å². The van der Waals surface area contributed by atoms with E-state index in [1.54, 1.807) is 6.20 Å². The second kappa shape index (κ2) is 6.31. The summed E-state index contributed by atoms with van der Waals surface area (Å²) in [5, 5.41) is 1.64. The van der Waals surface area contributed by atoms with Crippen LogP contribution in [0.1, 0.15) is 11.1 Å². The summed E-state index contributed by atoms with van der Waals surface area (Å²) in [5.41, 5.74) is 6.28. The molecule has 136 valence electrons. The van der Waals surface area contributed by atoms with Gasteiger partial charge in [-0.1, -0.05) is 53.6 Å². The molecule has 3 heteroatoms. The molecule has 0 unspecified atom stereocenters. The van der Waals surface area contributed by atoms with E-state index in [4.69, 9.17) is 4.42 Å². The first-order valence-electron chi connectivity index (χ1n) is 9.25. The van der Waals surface area contributed by atoms with Crippen LogP contribution in [0.25, 0.3) is 44.3 Å². The maximum Gasteiger partial charge on any atom is 0.174 e. The summed E-state index contributed by atoms with van der Waals surface area (Å²) in [6.45, 7) is 4.11. The molecule has 0 amide bonds. The number of aryl methyl sites for hydroxylation is 2. The second-order valence-corrected chi connectivity index (χ2v) is 7.18. The molecule has 0 aliphatic rings. The smallest absolute Gasteiger partial charge is 0.174 e. The molecule has 3 aromatic carbocycles. The Labute approximate surface area is 162 Å². The van der Waals surface area contributed by atoms with Crippen LogP contribution in [0, 0.1) is 19.7 Å². The number of benzene rings is 3. The van der Waals surface area contributed by atoms with E-state index in [-0.39, 0.29) is 11.4 Å². The molecule has 0 radical (unpaired) electrons. The van der Waals surface area contributed by atoms with Gasteiger partial charge in [0, 0.05) is 28.1 Å². The molecule has 28 heavy (non-hydrogen) atoms. The minimum Gasteiger partial charge on any atom is -0.451 e. The number of halogens is 1. The highest BCUT2D eigenvalue weighted by Gasteiger charge is 2.18. The van der Waals surface area contributed by atoms with Crippen LogP contribution in [0.2, 0.25) is 0 Å². The van der Waals surface area contributed by atoms with Crippen molar-refractivity contribution in [3.8, 4) is 22.4 Å². The summed E-state index contributed by atoms with van der Waals surface area (Å²) in [6, 6.07) is 21.4. The fourth-order valence-electron chi connectivity index (χ4n) is 3.89.